The second-order valence-electron chi connectivity index (χ2n) is 5.75. The van der Waals surface area contributed by atoms with Gasteiger partial charge in [-0.05, 0) is 26.0 Å². The molecule has 0 aromatic heterocycles. The number of Topliss-reactive ketones (excluding diaryl/α,β-unsaturated/α-hetero) is 1. The van der Waals surface area contributed by atoms with E-state index in [9.17, 15) is 14.4 Å². The van der Waals surface area contributed by atoms with Crippen LogP contribution in [0.5, 0.6) is 5.75 Å². The SMILES string of the molecule is COc1ccccc1C(=O)NCC(=O)OC(C)C(=O)c1ccc(C)cc1. The van der Waals surface area contributed by atoms with Gasteiger partial charge in [0.2, 0.25) is 5.78 Å². The molecule has 2 rings (SSSR count). The first-order valence-corrected chi connectivity index (χ1v) is 8.14. The van der Waals surface area contributed by atoms with E-state index in [2.05, 4.69) is 5.32 Å². The predicted octanol–water partition coefficient (Wildman–Crippen LogP) is 2.55. The van der Waals surface area contributed by atoms with Crippen molar-refractivity contribution in [1.29, 1.82) is 0 Å². The molecule has 6 heteroatoms. The second kappa shape index (κ2) is 8.80. The number of carbonyl (C=O) groups excluding carboxylic acids is 3. The zero-order valence-electron chi connectivity index (χ0n) is 14.9. The van der Waals surface area contributed by atoms with Gasteiger partial charge in [-0.25, -0.2) is 0 Å². The van der Waals surface area contributed by atoms with Gasteiger partial charge < -0.3 is 14.8 Å². The average Bonchev–Trinajstić information content (AvgIpc) is 2.66. The number of ether oxygens (including phenoxy) is 2. The van der Waals surface area contributed by atoms with Gasteiger partial charge in [-0.2, -0.15) is 0 Å². The highest BCUT2D eigenvalue weighted by Crippen LogP contribution is 2.16. The Morgan fingerprint density at radius 3 is 2.35 bits per heavy atom. The van der Waals surface area contributed by atoms with Gasteiger partial charge in [0.1, 0.15) is 12.3 Å². The van der Waals surface area contributed by atoms with Crippen molar-refractivity contribution in [2.75, 3.05) is 13.7 Å². The van der Waals surface area contributed by atoms with E-state index in [0.29, 0.717) is 16.9 Å². The molecule has 1 unspecified atom stereocenters. The van der Waals surface area contributed by atoms with Crippen LogP contribution in [-0.2, 0) is 9.53 Å². The van der Waals surface area contributed by atoms with Crippen molar-refractivity contribution in [3.8, 4) is 5.75 Å². The average molecular weight is 355 g/mol. The number of para-hydroxylation sites is 1. The zero-order valence-corrected chi connectivity index (χ0v) is 14.9. The number of aryl methyl sites for hydroxylation is 1. The first kappa shape index (κ1) is 19.2. The van der Waals surface area contributed by atoms with Crippen LogP contribution in [0.1, 0.15) is 33.2 Å². The lowest BCUT2D eigenvalue weighted by atomic mass is 10.1. The maximum absolute atomic E-state index is 12.3. The van der Waals surface area contributed by atoms with Crippen molar-refractivity contribution < 1.29 is 23.9 Å². The summed E-state index contributed by atoms with van der Waals surface area (Å²) >= 11 is 0. The maximum atomic E-state index is 12.3. The summed E-state index contributed by atoms with van der Waals surface area (Å²) in [5.41, 5.74) is 1.81. The van der Waals surface area contributed by atoms with Gasteiger partial charge in [-0.15, -0.1) is 0 Å². The van der Waals surface area contributed by atoms with Crippen molar-refractivity contribution in [2.45, 2.75) is 20.0 Å². The first-order valence-electron chi connectivity index (χ1n) is 8.14. The molecule has 26 heavy (non-hydrogen) atoms. The van der Waals surface area contributed by atoms with Gasteiger partial charge in [0, 0.05) is 5.56 Å². The van der Waals surface area contributed by atoms with Crippen LogP contribution in [0, 0.1) is 6.92 Å². The Morgan fingerprint density at radius 1 is 1.04 bits per heavy atom. The minimum Gasteiger partial charge on any atom is -0.496 e. The summed E-state index contributed by atoms with van der Waals surface area (Å²) in [5, 5.41) is 2.46. The normalized spacial score (nSPS) is 11.3. The molecule has 0 spiro atoms. The highest BCUT2D eigenvalue weighted by Gasteiger charge is 2.20. The fourth-order valence-electron chi connectivity index (χ4n) is 2.32. The fraction of sp³-hybridized carbons (Fsp3) is 0.250. The summed E-state index contributed by atoms with van der Waals surface area (Å²) in [6.45, 7) is 3.08. The van der Waals surface area contributed by atoms with Crippen molar-refractivity contribution >= 4 is 17.7 Å². The molecule has 0 aliphatic heterocycles. The lowest BCUT2D eigenvalue weighted by Crippen LogP contribution is -2.34. The third-order valence-electron chi connectivity index (χ3n) is 3.76. The van der Waals surface area contributed by atoms with Crippen LogP contribution in [0.3, 0.4) is 0 Å². The minimum absolute atomic E-state index is 0.297. The van der Waals surface area contributed by atoms with Gasteiger partial charge in [-0.3, -0.25) is 14.4 Å². The quantitative estimate of drug-likeness (QED) is 0.610. The second-order valence-corrected chi connectivity index (χ2v) is 5.75. The zero-order chi connectivity index (χ0) is 19.1. The minimum atomic E-state index is -0.937. The third kappa shape index (κ3) is 4.92. The summed E-state index contributed by atoms with van der Waals surface area (Å²) in [7, 11) is 1.46. The van der Waals surface area contributed by atoms with Gasteiger partial charge in [0.15, 0.2) is 6.10 Å². The number of amides is 1. The Hall–Kier alpha value is -3.15. The molecule has 0 saturated heterocycles. The number of hydrogen-bond donors (Lipinski definition) is 1. The number of rotatable bonds is 7. The van der Waals surface area contributed by atoms with Crippen LogP contribution in [0.2, 0.25) is 0 Å². The van der Waals surface area contributed by atoms with E-state index in [1.54, 1.807) is 36.4 Å². The molecule has 0 fully saturated rings. The maximum Gasteiger partial charge on any atom is 0.326 e. The summed E-state index contributed by atoms with van der Waals surface area (Å²) in [5.74, 6) is -1.05. The van der Waals surface area contributed by atoms with E-state index in [1.807, 2.05) is 19.1 Å². The Bertz CT molecular complexity index is 798. The highest BCUT2D eigenvalue weighted by atomic mass is 16.5. The molecule has 0 heterocycles. The van der Waals surface area contributed by atoms with Crippen LogP contribution in [0.25, 0.3) is 0 Å². The topological polar surface area (TPSA) is 81.7 Å². The van der Waals surface area contributed by atoms with Crippen LogP contribution >= 0.6 is 0 Å². The van der Waals surface area contributed by atoms with E-state index >= 15 is 0 Å². The van der Waals surface area contributed by atoms with Crippen molar-refractivity contribution in [1.82, 2.24) is 5.32 Å². The van der Waals surface area contributed by atoms with Gasteiger partial charge in [0.25, 0.3) is 5.91 Å². The van der Waals surface area contributed by atoms with Crippen molar-refractivity contribution in [3.63, 3.8) is 0 Å². The lowest BCUT2D eigenvalue weighted by molar-refractivity contribution is -0.145. The van der Waals surface area contributed by atoms with E-state index in [0.717, 1.165) is 5.56 Å². The molecular weight excluding hydrogens is 334 g/mol. The molecule has 0 aliphatic rings. The summed E-state index contributed by atoms with van der Waals surface area (Å²) in [6.07, 6.45) is -0.937. The van der Waals surface area contributed by atoms with Crippen molar-refractivity contribution in [2.24, 2.45) is 0 Å². The first-order chi connectivity index (χ1) is 12.4. The summed E-state index contributed by atoms with van der Waals surface area (Å²) < 4.78 is 10.2. The predicted molar refractivity (Wildman–Crippen MR) is 96.4 cm³/mol. The highest BCUT2D eigenvalue weighted by molar-refractivity contribution is 6.01. The van der Waals surface area contributed by atoms with Crippen LogP contribution < -0.4 is 10.1 Å². The fourth-order valence-corrected chi connectivity index (χ4v) is 2.32. The Morgan fingerprint density at radius 2 is 1.69 bits per heavy atom. The molecule has 0 saturated carbocycles. The van der Waals surface area contributed by atoms with Crippen LogP contribution in [0.4, 0.5) is 0 Å². The lowest BCUT2D eigenvalue weighted by Gasteiger charge is -2.13. The molecule has 0 aliphatic carbocycles. The standard InChI is InChI=1S/C20H21NO5/c1-13-8-10-15(11-9-13)19(23)14(2)26-18(22)12-21-20(24)16-6-4-5-7-17(16)25-3/h4-11,14H,12H2,1-3H3,(H,21,24). The number of carbonyl (C=O) groups is 3. The molecule has 1 amide bonds. The van der Waals surface area contributed by atoms with Gasteiger partial charge >= 0.3 is 5.97 Å². The molecule has 136 valence electrons. The number of hydrogen-bond acceptors (Lipinski definition) is 5. The van der Waals surface area contributed by atoms with Gasteiger partial charge in [0.05, 0.1) is 12.7 Å². The number of esters is 1. The molecule has 2 aromatic rings. The van der Waals surface area contributed by atoms with E-state index in [4.69, 9.17) is 9.47 Å². The molecule has 6 nitrogen and oxygen atoms in total. The molecule has 2 aromatic carbocycles. The Labute approximate surface area is 152 Å². The van der Waals surface area contributed by atoms with Gasteiger partial charge in [-0.1, -0.05) is 42.0 Å². The molecular formula is C20H21NO5. The third-order valence-corrected chi connectivity index (χ3v) is 3.76. The van der Waals surface area contributed by atoms with E-state index in [-0.39, 0.29) is 12.3 Å². The summed E-state index contributed by atoms with van der Waals surface area (Å²) in [4.78, 5) is 36.3. The Balaban J connectivity index is 1.89. The molecule has 0 bridgehead atoms. The summed E-state index contributed by atoms with van der Waals surface area (Å²) in [6, 6.07) is 13.7. The number of nitrogens with one attached hydrogen (secondary N) is 1. The van der Waals surface area contributed by atoms with Crippen molar-refractivity contribution in [3.05, 3.63) is 65.2 Å². The number of methoxy groups -OCH3 is 1. The van der Waals surface area contributed by atoms with Crippen LogP contribution in [0.15, 0.2) is 48.5 Å². The smallest absolute Gasteiger partial charge is 0.326 e. The molecule has 0 radical (unpaired) electrons. The molecule has 1 N–H and O–H groups in total. The van der Waals surface area contributed by atoms with Crippen LogP contribution in [-0.4, -0.2) is 37.4 Å². The monoisotopic (exact) mass is 355 g/mol. The number of ketones is 1. The van der Waals surface area contributed by atoms with E-state index < -0.39 is 18.0 Å². The number of benzene rings is 2. The molecule has 1 atom stereocenters. The largest absolute Gasteiger partial charge is 0.496 e. The van der Waals surface area contributed by atoms with E-state index in [1.165, 1.54) is 14.0 Å². The Kier molecular flexibility index (Phi) is 6.49.